The molecular formula is C20H22O4. The molecule has 2 aromatic carbocycles. The van der Waals surface area contributed by atoms with Crippen molar-refractivity contribution in [1.82, 2.24) is 0 Å². The van der Waals surface area contributed by atoms with Gasteiger partial charge in [0.05, 0.1) is 19.8 Å². The van der Waals surface area contributed by atoms with Gasteiger partial charge in [-0.2, -0.15) is 0 Å². The molecule has 0 amide bonds. The van der Waals surface area contributed by atoms with Gasteiger partial charge >= 0.3 is 5.97 Å². The summed E-state index contributed by atoms with van der Waals surface area (Å²) in [6.45, 7) is 2.11. The Labute approximate surface area is 142 Å². The average molecular weight is 326 g/mol. The van der Waals surface area contributed by atoms with E-state index in [1.165, 1.54) is 0 Å². The van der Waals surface area contributed by atoms with E-state index in [0.29, 0.717) is 0 Å². The van der Waals surface area contributed by atoms with Gasteiger partial charge in [-0.05, 0) is 41.8 Å². The standard InChI is InChI=1S/C20H22O4/c1-4-6-17-18(23-2)12-15(13-19(17)24-3)10-9-14-7-5-8-16(11-14)20(21)22/h5,7-13H,4,6H2,1-3H3,(H,21,22)/b10-9+. The maximum absolute atomic E-state index is 11.0. The Kier molecular flexibility index (Phi) is 6.01. The SMILES string of the molecule is CCCc1c(OC)cc(/C=C/c2cccc(C(=O)O)c2)cc1OC. The van der Waals surface area contributed by atoms with Gasteiger partial charge in [-0.25, -0.2) is 4.79 Å². The van der Waals surface area contributed by atoms with Crippen molar-refractivity contribution < 1.29 is 19.4 Å². The maximum Gasteiger partial charge on any atom is 0.335 e. The van der Waals surface area contributed by atoms with E-state index < -0.39 is 5.97 Å². The number of aromatic carboxylic acids is 1. The normalized spacial score (nSPS) is 10.8. The summed E-state index contributed by atoms with van der Waals surface area (Å²) in [4.78, 5) is 11.0. The average Bonchev–Trinajstić information content (AvgIpc) is 2.60. The molecule has 0 aliphatic carbocycles. The van der Waals surface area contributed by atoms with Crippen LogP contribution in [-0.2, 0) is 6.42 Å². The summed E-state index contributed by atoms with van der Waals surface area (Å²) in [7, 11) is 3.30. The third-order valence-corrected chi connectivity index (χ3v) is 3.73. The van der Waals surface area contributed by atoms with Crippen LogP contribution in [0.3, 0.4) is 0 Å². The Hall–Kier alpha value is -2.75. The summed E-state index contributed by atoms with van der Waals surface area (Å²) in [6.07, 6.45) is 5.68. The van der Waals surface area contributed by atoms with Gasteiger partial charge in [0.25, 0.3) is 0 Å². The molecule has 126 valence electrons. The summed E-state index contributed by atoms with van der Waals surface area (Å²) in [6, 6.07) is 10.7. The summed E-state index contributed by atoms with van der Waals surface area (Å²) < 4.78 is 11.0. The first kappa shape index (κ1) is 17.6. The minimum atomic E-state index is -0.933. The maximum atomic E-state index is 11.0. The van der Waals surface area contributed by atoms with Crippen molar-refractivity contribution in [1.29, 1.82) is 0 Å². The molecule has 0 saturated carbocycles. The van der Waals surface area contributed by atoms with Crippen LogP contribution in [0.2, 0.25) is 0 Å². The topological polar surface area (TPSA) is 55.8 Å². The molecule has 0 bridgehead atoms. The lowest BCUT2D eigenvalue weighted by molar-refractivity contribution is 0.0697. The third-order valence-electron chi connectivity index (χ3n) is 3.73. The van der Waals surface area contributed by atoms with Crippen LogP contribution >= 0.6 is 0 Å². The van der Waals surface area contributed by atoms with E-state index >= 15 is 0 Å². The molecule has 0 spiro atoms. The van der Waals surface area contributed by atoms with Crippen LogP contribution in [0, 0.1) is 0 Å². The van der Waals surface area contributed by atoms with Crippen LogP contribution in [0.1, 0.15) is 40.4 Å². The van der Waals surface area contributed by atoms with Gasteiger partial charge in [-0.1, -0.05) is 37.6 Å². The van der Waals surface area contributed by atoms with Crippen molar-refractivity contribution in [3.05, 3.63) is 58.7 Å². The highest BCUT2D eigenvalue weighted by Gasteiger charge is 2.11. The molecule has 0 heterocycles. The van der Waals surface area contributed by atoms with Gasteiger partial charge < -0.3 is 14.6 Å². The van der Waals surface area contributed by atoms with Crippen LogP contribution in [0.4, 0.5) is 0 Å². The number of ether oxygens (including phenoxy) is 2. The van der Waals surface area contributed by atoms with E-state index in [1.807, 2.05) is 30.4 Å². The number of carbonyl (C=O) groups is 1. The van der Waals surface area contributed by atoms with Gasteiger partial charge in [-0.3, -0.25) is 0 Å². The van der Waals surface area contributed by atoms with E-state index in [1.54, 1.807) is 32.4 Å². The summed E-state index contributed by atoms with van der Waals surface area (Å²) in [5.74, 6) is 0.669. The molecule has 0 fully saturated rings. The predicted octanol–water partition coefficient (Wildman–Crippen LogP) is 4.52. The third kappa shape index (κ3) is 4.16. The number of carboxylic acids is 1. The van der Waals surface area contributed by atoms with Gasteiger partial charge in [0.15, 0.2) is 0 Å². The fourth-order valence-electron chi connectivity index (χ4n) is 2.56. The fraction of sp³-hybridized carbons (Fsp3) is 0.250. The number of rotatable bonds is 7. The van der Waals surface area contributed by atoms with E-state index in [0.717, 1.165) is 41.0 Å². The number of benzene rings is 2. The largest absolute Gasteiger partial charge is 0.496 e. The molecule has 0 aromatic heterocycles. The van der Waals surface area contributed by atoms with E-state index in [9.17, 15) is 4.79 Å². The number of hydrogen-bond donors (Lipinski definition) is 1. The molecule has 0 aliphatic rings. The Morgan fingerprint density at radius 1 is 1.04 bits per heavy atom. The van der Waals surface area contributed by atoms with E-state index in [2.05, 4.69) is 6.92 Å². The first-order chi connectivity index (χ1) is 11.6. The first-order valence-corrected chi connectivity index (χ1v) is 7.85. The summed E-state index contributed by atoms with van der Waals surface area (Å²) >= 11 is 0. The van der Waals surface area contributed by atoms with Crippen LogP contribution in [0.25, 0.3) is 12.2 Å². The zero-order valence-corrected chi connectivity index (χ0v) is 14.2. The second kappa shape index (κ2) is 8.20. The van der Waals surface area contributed by atoms with Crippen LogP contribution in [0.5, 0.6) is 11.5 Å². The zero-order chi connectivity index (χ0) is 17.5. The second-order valence-corrected chi connectivity index (χ2v) is 5.42. The molecule has 2 aromatic rings. The Morgan fingerprint density at radius 2 is 1.67 bits per heavy atom. The predicted molar refractivity (Wildman–Crippen MR) is 95.9 cm³/mol. The quantitative estimate of drug-likeness (QED) is 0.760. The highest BCUT2D eigenvalue weighted by molar-refractivity contribution is 5.88. The van der Waals surface area contributed by atoms with Crippen LogP contribution in [0.15, 0.2) is 36.4 Å². The molecule has 1 N–H and O–H groups in total. The number of hydrogen-bond acceptors (Lipinski definition) is 3. The monoisotopic (exact) mass is 326 g/mol. The van der Waals surface area contributed by atoms with Gasteiger partial charge in [-0.15, -0.1) is 0 Å². The minimum absolute atomic E-state index is 0.269. The summed E-state index contributed by atoms with van der Waals surface area (Å²) in [5.41, 5.74) is 3.09. The molecule has 4 nitrogen and oxygen atoms in total. The molecule has 0 atom stereocenters. The van der Waals surface area contributed by atoms with E-state index in [4.69, 9.17) is 14.6 Å². The second-order valence-electron chi connectivity index (χ2n) is 5.42. The van der Waals surface area contributed by atoms with Crippen molar-refractivity contribution in [3.63, 3.8) is 0 Å². The summed E-state index contributed by atoms with van der Waals surface area (Å²) in [5, 5.41) is 9.06. The number of carboxylic acid groups (broad SMARTS) is 1. The van der Waals surface area contributed by atoms with E-state index in [-0.39, 0.29) is 5.56 Å². The smallest absolute Gasteiger partial charge is 0.335 e. The van der Waals surface area contributed by atoms with Gasteiger partial charge in [0.2, 0.25) is 0 Å². The van der Waals surface area contributed by atoms with Gasteiger partial charge in [0, 0.05) is 5.56 Å². The van der Waals surface area contributed by atoms with Crippen molar-refractivity contribution in [2.24, 2.45) is 0 Å². The number of methoxy groups -OCH3 is 2. The molecule has 0 radical (unpaired) electrons. The highest BCUT2D eigenvalue weighted by Crippen LogP contribution is 2.32. The van der Waals surface area contributed by atoms with Crippen molar-refractivity contribution in [3.8, 4) is 11.5 Å². The zero-order valence-electron chi connectivity index (χ0n) is 14.2. The Balaban J connectivity index is 2.35. The Bertz CT molecular complexity index is 722. The van der Waals surface area contributed by atoms with Crippen molar-refractivity contribution in [2.45, 2.75) is 19.8 Å². The lowest BCUT2D eigenvalue weighted by Crippen LogP contribution is -1.97. The van der Waals surface area contributed by atoms with Crippen molar-refractivity contribution in [2.75, 3.05) is 14.2 Å². The highest BCUT2D eigenvalue weighted by atomic mass is 16.5. The molecule has 0 unspecified atom stereocenters. The molecule has 0 saturated heterocycles. The lowest BCUT2D eigenvalue weighted by atomic mass is 10.0. The Morgan fingerprint density at radius 3 is 2.21 bits per heavy atom. The van der Waals surface area contributed by atoms with Crippen LogP contribution in [-0.4, -0.2) is 25.3 Å². The van der Waals surface area contributed by atoms with Crippen molar-refractivity contribution >= 4 is 18.1 Å². The molecule has 4 heteroatoms. The minimum Gasteiger partial charge on any atom is -0.496 e. The first-order valence-electron chi connectivity index (χ1n) is 7.85. The molecule has 2 rings (SSSR count). The fourth-order valence-corrected chi connectivity index (χ4v) is 2.56. The molecular weight excluding hydrogens is 304 g/mol. The lowest BCUT2D eigenvalue weighted by Gasteiger charge is -2.14. The van der Waals surface area contributed by atoms with Gasteiger partial charge in [0.1, 0.15) is 11.5 Å². The van der Waals surface area contributed by atoms with Crippen LogP contribution < -0.4 is 9.47 Å². The molecule has 24 heavy (non-hydrogen) atoms. The molecule has 0 aliphatic heterocycles.